The summed E-state index contributed by atoms with van der Waals surface area (Å²) in [6.07, 6.45) is 6.16. The minimum atomic E-state index is -0.265. The van der Waals surface area contributed by atoms with Gasteiger partial charge >= 0.3 is 0 Å². The lowest BCUT2D eigenvalue weighted by atomic mass is 10.1. The van der Waals surface area contributed by atoms with Gasteiger partial charge < -0.3 is 23.8 Å². The minimum absolute atomic E-state index is 0.0949. The number of aryl methyl sites for hydroxylation is 1. The van der Waals surface area contributed by atoms with E-state index in [1.807, 2.05) is 42.4 Å². The van der Waals surface area contributed by atoms with Gasteiger partial charge in [-0.05, 0) is 38.4 Å². The first kappa shape index (κ1) is 27.3. The molecule has 11 heteroatoms. The highest BCUT2D eigenvalue weighted by atomic mass is 32.1. The Labute approximate surface area is 233 Å². The van der Waals surface area contributed by atoms with Crippen molar-refractivity contribution in [2.45, 2.75) is 31.8 Å². The van der Waals surface area contributed by atoms with E-state index in [2.05, 4.69) is 19.4 Å². The lowest BCUT2D eigenvalue weighted by Gasteiger charge is -2.35. The number of aromatic nitrogens is 3. The van der Waals surface area contributed by atoms with Gasteiger partial charge in [0.25, 0.3) is 5.91 Å². The Kier molecular flexibility index (Phi) is 9.23. The molecule has 2 amide bonds. The molecule has 1 saturated heterocycles. The van der Waals surface area contributed by atoms with Gasteiger partial charge in [-0.1, -0.05) is 12.1 Å². The number of carbonyl (C=O) groups excluding carboxylic acids is 2. The fourth-order valence-electron chi connectivity index (χ4n) is 5.07. The van der Waals surface area contributed by atoms with Crippen molar-refractivity contribution in [2.75, 3.05) is 59.6 Å². The molecule has 2 aliphatic heterocycles. The lowest BCUT2D eigenvalue weighted by molar-refractivity contribution is -0.142. The number of thiazole rings is 1. The van der Waals surface area contributed by atoms with Gasteiger partial charge in [-0.3, -0.25) is 14.5 Å². The molecule has 0 radical (unpaired) electrons. The smallest absolute Gasteiger partial charge is 0.273 e. The Hall–Kier alpha value is -3.28. The topological polar surface area (TPSA) is 93.0 Å². The highest BCUT2D eigenvalue weighted by Crippen LogP contribution is 2.23. The predicted molar refractivity (Wildman–Crippen MR) is 149 cm³/mol. The van der Waals surface area contributed by atoms with Crippen molar-refractivity contribution in [2.24, 2.45) is 0 Å². The highest BCUT2D eigenvalue weighted by molar-refractivity contribution is 7.07. The first-order chi connectivity index (χ1) is 19.1. The zero-order valence-electron chi connectivity index (χ0n) is 22.4. The van der Waals surface area contributed by atoms with Crippen molar-refractivity contribution in [3.63, 3.8) is 0 Å². The largest absolute Gasteiger partial charge is 0.492 e. The number of ether oxygens (including phenoxy) is 2. The van der Waals surface area contributed by atoms with Crippen LogP contribution in [0.3, 0.4) is 0 Å². The van der Waals surface area contributed by atoms with Crippen LogP contribution >= 0.6 is 11.3 Å². The monoisotopic (exact) mass is 552 g/mol. The number of hydrogen-bond acceptors (Lipinski definition) is 8. The maximum atomic E-state index is 13.6. The van der Waals surface area contributed by atoms with Gasteiger partial charge in [0.1, 0.15) is 29.9 Å². The molecule has 0 spiro atoms. The average molecular weight is 553 g/mol. The van der Waals surface area contributed by atoms with Crippen molar-refractivity contribution in [1.29, 1.82) is 0 Å². The van der Waals surface area contributed by atoms with E-state index < -0.39 is 0 Å². The van der Waals surface area contributed by atoms with Gasteiger partial charge in [0.2, 0.25) is 5.91 Å². The molecular weight excluding hydrogens is 516 g/mol. The van der Waals surface area contributed by atoms with Gasteiger partial charge in [-0.15, -0.1) is 11.3 Å². The number of nitrogens with zero attached hydrogens (tertiary/aromatic N) is 6. The van der Waals surface area contributed by atoms with Crippen LogP contribution in [0.1, 0.15) is 29.8 Å². The van der Waals surface area contributed by atoms with Gasteiger partial charge in [0.05, 0.1) is 25.3 Å². The Morgan fingerprint density at radius 1 is 0.974 bits per heavy atom. The number of rotatable bonds is 2. The summed E-state index contributed by atoms with van der Waals surface area (Å²) in [4.78, 5) is 41.4. The molecule has 2 aliphatic rings. The Balaban J connectivity index is 1.36. The predicted octanol–water partition coefficient (Wildman–Crippen LogP) is 2.87. The zero-order valence-corrected chi connectivity index (χ0v) is 23.2. The second-order valence-corrected chi connectivity index (χ2v) is 10.7. The molecule has 3 aromatic rings. The summed E-state index contributed by atoms with van der Waals surface area (Å²) in [5.41, 5.74) is 3.09. The number of morpholine rings is 1. The van der Waals surface area contributed by atoms with Crippen LogP contribution in [0.25, 0.3) is 11.4 Å². The van der Waals surface area contributed by atoms with E-state index in [4.69, 9.17) is 9.47 Å². The molecule has 0 saturated carbocycles. The van der Waals surface area contributed by atoms with Crippen molar-refractivity contribution >= 4 is 23.2 Å². The third-order valence-electron chi connectivity index (χ3n) is 7.30. The SMILES string of the molecule is CN1CCOC[C@H]1C(=O)N1CCCCN(C(=O)c2cscn2)CCOc2cccc(c2)-c2nccn2CCC1. The van der Waals surface area contributed by atoms with E-state index in [0.29, 0.717) is 51.7 Å². The van der Waals surface area contributed by atoms with Crippen LogP contribution in [0, 0.1) is 0 Å². The molecular formula is C28H36N6O4S. The summed E-state index contributed by atoms with van der Waals surface area (Å²) in [6.45, 7) is 5.23. The normalized spacial score (nSPS) is 20.1. The van der Waals surface area contributed by atoms with Crippen LogP contribution in [0.5, 0.6) is 5.75 Å². The molecule has 10 nitrogen and oxygen atoms in total. The first-order valence-electron chi connectivity index (χ1n) is 13.6. The van der Waals surface area contributed by atoms with E-state index in [0.717, 1.165) is 49.5 Å². The minimum Gasteiger partial charge on any atom is -0.492 e. The lowest BCUT2D eigenvalue weighted by Crippen LogP contribution is -2.53. The fourth-order valence-corrected chi connectivity index (χ4v) is 5.60. The quantitative estimate of drug-likeness (QED) is 0.483. The maximum Gasteiger partial charge on any atom is 0.273 e. The molecule has 2 bridgehead atoms. The van der Waals surface area contributed by atoms with Gasteiger partial charge in [0.15, 0.2) is 0 Å². The summed E-state index contributed by atoms with van der Waals surface area (Å²) in [5, 5.41) is 1.78. The van der Waals surface area contributed by atoms with Crippen LogP contribution in [-0.4, -0.2) is 107 Å². The third kappa shape index (κ3) is 6.84. The number of hydrogen-bond donors (Lipinski definition) is 0. The Morgan fingerprint density at radius 3 is 2.64 bits per heavy atom. The highest BCUT2D eigenvalue weighted by Gasteiger charge is 2.30. The van der Waals surface area contributed by atoms with Crippen molar-refractivity contribution < 1.29 is 19.1 Å². The average Bonchev–Trinajstić information content (AvgIpc) is 3.65. The van der Waals surface area contributed by atoms with Crippen LogP contribution in [0.4, 0.5) is 0 Å². The summed E-state index contributed by atoms with van der Waals surface area (Å²) in [5.74, 6) is 1.62. The molecule has 39 heavy (non-hydrogen) atoms. The number of imidazole rings is 1. The van der Waals surface area contributed by atoms with E-state index >= 15 is 0 Å². The molecule has 0 aliphatic carbocycles. The molecule has 4 heterocycles. The van der Waals surface area contributed by atoms with Crippen LogP contribution in [0.15, 0.2) is 47.5 Å². The number of fused-ring (bicyclic) bond motifs is 4. The van der Waals surface area contributed by atoms with Crippen LogP contribution < -0.4 is 4.74 Å². The number of likely N-dealkylation sites (N-methyl/N-ethyl adjacent to an activating group) is 1. The standard InChI is InChI=1S/C28H36N6O4S/c1-31-14-16-37-19-25(31)28(36)33-9-2-3-10-34(27(35)24-20-39-21-30-24)15-17-38-23-7-4-6-22(18-23)26-29-8-13-32(26)11-5-12-33/h4,6-8,13,18,20-21,25H,2-3,5,9-12,14-17,19H2,1H3/t25-/m0/s1. The third-order valence-corrected chi connectivity index (χ3v) is 7.89. The molecule has 0 unspecified atom stereocenters. The van der Waals surface area contributed by atoms with Crippen molar-refractivity contribution in [3.05, 3.63) is 53.2 Å². The van der Waals surface area contributed by atoms with Gasteiger partial charge in [-0.2, -0.15) is 0 Å². The second kappa shape index (κ2) is 13.2. The summed E-state index contributed by atoms with van der Waals surface area (Å²) >= 11 is 1.41. The maximum absolute atomic E-state index is 13.6. The van der Waals surface area contributed by atoms with Crippen molar-refractivity contribution in [3.8, 4) is 17.1 Å². The Morgan fingerprint density at radius 2 is 1.82 bits per heavy atom. The number of carbonyl (C=O) groups is 2. The molecule has 1 fully saturated rings. The van der Waals surface area contributed by atoms with Gasteiger partial charge in [-0.25, -0.2) is 9.97 Å². The molecule has 1 atom stereocenters. The van der Waals surface area contributed by atoms with Crippen molar-refractivity contribution in [1.82, 2.24) is 29.2 Å². The summed E-state index contributed by atoms with van der Waals surface area (Å²) in [6, 6.07) is 7.62. The zero-order chi connectivity index (χ0) is 27.0. The summed E-state index contributed by atoms with van der Waals surface area (Å²) < 4.78 is 13.8. The molecule has 2 aromatic heterocycles. The van der Waals surface area contributed by atoms with E-state index in [1.54, 1.807) is 22.0 Å². The van der Waals surface area contributed by atoms with Crippen LogP contribution in [-0.2, 0) is 16.1 Å². The first-order valence-corrected chi connectivity index (χ1v) is 14.5. The molecule has 208 valence electrons. The fraction of sp³-hybridized carbons (Fsp3) is 0.500. The van der Waals surface area contributed by atoms with Gasteiger partial charge in [0, 0.05) is 56.1 Å². The number of amides is 2. The molecule has 1 aromatic carbocycles. The summed E-state index contributed by atoms with van der Waals surface area (Å²) in [7, 11) is 1.99. The Bertz CT molecular complexity index is 1230. The molecule has 5 rings (SSSR count). The van der Waals surface area contributed by atoms with E-state index in [1.165, 1.54) is 11.3 Å². The molecule has 0 N–H and O–H groups in total. The van der Waals surface area contributed by atoms with Crippen LogP contribution in [0.2, 0.25) is 0 Å². The van der Waals surface area contributed by atoms with E-state index in [-0.39, 0.29) is 17.9 Å². The number of benzene rings is 1. The van der Waals surface area contributed by atoms with E-state index in [9.17, 15) is 9.59 Å². The second-order valence-electron chi connectivity index (χ2n) is 9.94.